The molecule has 0 spiro atoms. The monoisotopic (exact) mass is 294 g/mol. The molecule has 0 aromatic rings. The molecule has 0 aliphatic carbocycles. The number of piperazine rings is 1. The standard InChI is InChI=1S/C17H34N4/c1-5-10-19-17(6-2,15-18)9-8-11-20-12-13-21(7-3)16(4)14-20/h16,19H,5-14H2,1-4H3. The first-order chi connectivity index (χ1) is 10.1. The average Bonchev–Trinajstić information content (AvgIpc) is 2.51. The van der Waals surface area contributed by atoms with Gasteiger partial charge in [0.2, 0.25) is 0 Å². The fraction of sp³-hybridized carbons (Fsp3) is 0.941. The van der Waals surface area contributed by atoms with Gasteiger partial charge in [-0.1, -0.05) is 20.8 Å². The van der Waals surface area contributed by atoms with E-state index in [-0.39, 0.29) is 5.54 Å². The summed E-state index contributed by atoms with van der Waals surface area (Å²) >= 11 is 0. The van der Waals surface area contributed by atoms with Gasteiger partial charge in [0.25, 0.3) is 0 Å². The highest BCUT2D eigenvalue weighted by Crippen LogP contribution is 2.18. The summed E-state index contributed by atoms with van der Waals surface area (Å²) in [5, 5.41) is 13.0. The van der Waals surface area contributed by atoms with Gasteiger partial charge in [0.05, 0.1) is 6.07 Å². The second-order valence-electron chi connectivity index (χ2n) is 6.36. The molecule has 1 N–H and O–H groups in total. The topological polar surface area (TPSA) is 42.3 Å². The van der Waals surface area contributed by atoms with Crippen molar-refractivity contribution in [2.24, 2.45) is 0 Å². The summed E-state index contributed by atoms with van der Waals surface area (Å²) in [4.78, 5) is 5.11. The summed E-state index contributed by atoms with van der Waals surface area (Å²) in [7, 11) is 0. The Labute approximate surface area is 131 Å². The van der Waals surface area contributed by atoms with Gasteiger partial charge in [0.15, 0.2) is 0 Å². The molecule has 2 unspecified atom stereocenters. The van der Waals surface area contributed by atoms with E-state index in [0.29, 0.717) is 6.04 Å². The van der Waals surface area contributed by atoms with Crippen LogP contribution in [0.3, 0.4) is 0 Å². The lowest BCUT2D eigenvalue weighted by Gasteiger charge is -2.39. The van der Waals surface area contributed by atoms with E-state index in [0.717, 1.165) is 45.3 Å². The van der Waals surface area contributed by atoms with Crippen molar-refractivity contribution in [3.05, 3.63) is 0 Å². The number of nitrogens with one attached hydrogen (secondary N) is 1. The van der Waals surface area contributed by atoms with Crippen LogP contribution in [-0.4, -0.2) is 60.6 Å². The molecule has 0 aromatic carbocycles. The van der Waals surface area contributed by atoms with Crippen LogP contribution in [-0.2, 0) is 0 Å². The maximum atomic E-state index is 9.52. The van der Waals surface area contributed by atoms with Crippen LogP contribution in [0.4, 0.5) is 0 Å². The van der Waals surface area contributed by atoms with Gasteiger partial charge in [-0.05, 0) is 52.2 Å². The largest absolute Gasteiger partial charge is 0.301 e. The normalized spacial score (nSPS) is 23.7. The third-order valence-electron chi connectivity index (χ3n) is 4.86. The minimum Gasteiger partial charge on any atom is -0.301 e. The van der Waals surface area contributed by atoms with Crippen molar-refractivity contribution in [3.8, 4) is 6.07 Å². The fourth-order valence-corrected chi connectivity index (χ4v) is 3.28. The molecule has 1 saturated heterocycles. The summed E-state index contributed by atoms with van der Waals surface area (Å²) in [6.07, 6.45) is 4.04. The zero-order chi connectivity index (χ0) is 15.7. The van der Waals surface area contributed by atoms with Crippen LogP contribution >= 0.6 is 0 Å². The molecule has 2 atom stereocenters. The number of nitriles is 1. The highest BCUT2D eigenvalue weighted by molar-refractivity contribution is 5.06. The zero-order valence-electron chi connectivity index (χ0n) is 14.5. The quantitative estimate of drug-likeness (QED) is 0.709. The van der Waals surface area contributed by atoms with E-state index < -0.39 is 0 Å². The zero-order valence-corrected chi connectivity index (χ0v) is 14.5. The first kappa shape index (κ1) is 18.4. The first-order valence-corrected chi connectivity index (χ1v) is 8.73. The lowest BCUT2D eigenvalue weighted by Crippen LogP contribution is -2.52. The minimum absolute atomic E-state index is 0.313. The number of likely N-dealkylation sites (N-methyl/N-ethyl adjacent to an activating group) is 1. The summed E-state index contributed by atoms with van der Waals surface area (Å²) in [6, 6.07) is 3.19. The first-order valence-electron chi connectivity index (χ1n) is 8.73. The molecule has 4 heteroatoms. The molecule has 1 fully saturated rings. The number of rotatable bonds is 9. The van der Waals surface area contributed by atoms with Crippen molar-refractivity contribution in [2.45, 2.75) is 65.0 Å². The summed E-state index contributed by atoms with van der Waals surface area (Å²) in [5.74, 6) is 0. The van der Waals surface area contributed by atoms with E-state index in [1.807, 2.05) is 0 Å². The van der Waals surface area contributed by atoms with E-state index in [1.54, 1.807) is 0 Å². The molecule has 0 radical (unpaired) electrons. The van der Waals surface area contributed by atoms with Crippen LogP contribution in [0, 0.1) is 11.3 Å². The Hall–Kier alpha value is -0.630. The highest BCUT2D eigenvalue weighted by Gasteiger charge is 2.27. The predicted molar refractivity (Wildman–Crippen MR) is 89.3 cm³/mol. The minimum atomic E-state index is -0.313. The number of nitrogens with zero attached hydrogens (tertiary/aromatic N) is 3. The summed E-state index contributed by atoms with van der Waals surface area (Å²) < 4.78 is 0. The van der Waals surface area contributed by atoms with Crippen LogP contribution in [0.25, 0.3) is 0 Å². The van der Waals surface area contributed by atoms with Crippen molar-refractivity contribution in [2.75, 3.05) is 39.3 Å². The molecular weight excluding hydrogens is 260 g/mol. The predicted octanol–water partition coefficient (Wildman–Crippen LogP) is 2.46. The van der Waals surface area contributed by atoms with Gasteiger partial charge in [0, 0.05) is 25.7 Å². The Morgan fingerprint density at radius 3 is 2.57 bits per heavy atom. The Morgan fingerprint density at radius 2 is 2.05 bits per heavy atom. The number of hydrogen-bond donors (Lipinski definition) is 1. The van der Waals surface area contributed by atoms with Gasteiger partial charge in [-0.3, -0.25) is 10.2 Å². The molecule has 0 aromatic heterocycles. The number of hydrogen-bond acceptors (Lipinski definition) is 4. The third-order valence-corrected chi connectivity index (χ3v) is 4.86. The molecule has 0 amide bonds. The summed E-state index contributed by atoms with van der Waals surface area (Å²) in [6.45, 7) is 15.6. The SMILES string of the molecule is CCCNC(C#N)(CC)CCCN1CCN(CC)C(C)C1. The molecule has 1 aliphatic rings. The van der Waals surface area contributed by atoms with Gasteiger partial charge >= 0.3 is 0 Å². The van der Waals surface area contributed by atoms with Crippen molar-refractivity contribution in [1.29, 1.82) is 5.26 Å². The van der Waals surface area contributed by atoms with Crippen LogP contribution in [0.5, 0.6) is 0 Å². The van der Waals surface area contributed by atoms with E-state index in [1.165, 1.54) is 19.6 Å². The van der Waals surface area contributed by atoms with Gasteiger partial charge in [-0.25, -0.2) is 0 Å². The lowest BCUT2D eigenvalue weighted by atomic mass is 9.91. The van der Waals surface area contributed by atoms with Crippen LogP contribution < -0.4 is 5.32 Å². The second-order valence-corrected chi connectivity index (χ2v) is 6.36. The second kappa shape index (κ2) is 9.40. The molecule has 122 valence electrons. The molecule has 1 aliphatic heterocycles. The lowest BCUT2D eigenvalue weighted by molar-refractivity contribution is 0.0857. The maximum Gasteiger partial charge on any atom is 0.106 e. The van der Waals surface area contributed by atoms with E-state index >= 15 is 0 Å². The smallest absolute Gasteiger partial charge is 0.106 e. The average molecular weight is 294 g/mol. The maximum absolute atomic E-state index is 9.52. The molecule has 4 nitrogen and oxygen atoms in total. The van der Waals surface area contributed by atoms with Gasteiger partial charge in [0.1, 0.15) is 5.54 Å². The van der Waals surface area contributed by atoms with Crippen molar-refractivity contribution < 1.29 is 0 Å². The molecule has 0 bridgehead atoms. The van der Waals surface area contributed by atoms with E-state index in [2.05, 4.69) is 48.9 Å². The summed E-state index contributed by atoms with van der Waals surface area (Å²) in [5.41, 5.74) is -0.313. The van der Waals surface area contributed by atoms with Crippen molar-refractivity contribution in [3.63, 3.8) is 0 Å². The van der Waals surface area contributed by atoms with Crippen molar-refractivity contribution >= 4 is 0 Å². The van der Waals surface area contributed by atoms with Gasteiger partial charge in [-0.15, -0.1) is 0 Å². The molecule has 21 heavy (non-hydrogen) atoms. The molecule has 0 saturated carbocycles. The Balaban J connectivity index is 2.36. The van der Waals surface area contributed by atoms with Crippen molar-refractivity contribution in [1.82, 2.24) is 15.1 Å². The van der Waals surface area contributed by atoms with E-state index in [9.17, 15) is 5.26 Å². The molecule has 1 heterocycles. The molecular formula is C17H34N4. The Bertz CT molecular complexity index is 325. The third kappa shape index (κ3) is 5.58. The van der Waals surface area contributed by atoms with Crippen LogP contribution in [0.1, 0.15) is 53.4 Å². The van der Waals surface area contributed by atoms with E-state index in [4.69, 9.17) is 0 Å². The fourth-order valence-electron chi connectivity index (χ4n) is 3.28. The Kier molecular flexibility index (Phi) is 8.24. The van der Waals surface area contributed by atoms with Crippen LogP contribution in [0.15, 0.2) is 0 Å². The van der Waals surface area contributed by atoms with Gasteiger partial charge < -0.3 is 4.90 Å². The van der Waals surface area contributed by atoms with Crippen LogP contribution in [0.2, 0.25) is 0 Å². The highest BCUT2D eigenvalue weighted by atomic mass is 15.3. The molecule has 1 rings (SSSR count). The Morgan fingerprint density at radius 1 is 1.29 bits per heavy atom. The van der Waals surface area contributed by atoms with Gasteiger partial charge in [-0.2, -0.15) is 5.26 Å².